The van der Waals surface area contributed by atoms with E-state index in [1.54, 1.807) is 6.33 Å². The molecule has 0 fully saturated rings. The Morgan fingerprint density at radius 1 is 1.27 bits per heavy atom. The first-order valence-corrected chi connectivity index (χ1v) is 9.67. The number of para-hydroxylation sites is 2. The summed E-state index contributed by atoms with van der Waals surface area (Å²) in [6.45, 7) is 2.00. The number of halogens is 1. The molecule has 0 unspecified atom stereocenters. The molecular weight excluding hydrogens is 414 g/mol. The van der Waals surface area contributed by atoms with Gasteiger partial charge in [0.1, 0.15) is 11.4 Å². The van der Waals surface area contributed by atoms with E-state index in [4.69, 9.17) is 0 Å². The fourth-order valence-electron chi connectivity index (χ4n) is 2.62. The van der Waals surface area contributed by atoms with Gasteiger partial charge in [-0.05, 0) is 52.7 Å². The summed E-state index contributed by atoms with van der Waals surface area (Å²) in [5.41, 5.74) is 4.30. The third-order valence-corrected chi connectivity index (χ3v) is 5.45. The third kappa shape index (κ3) is 3.30. The average Bonchev–Trinajstić information content (AvgIpc) is 3.12. The van der Waals surface area contributed by atoms with Crippen LogP contribution in [0, 0.1) is 6.92 Å². The molecule has 0 spiro atoms. The van der Waals surface area contributed by atoms with Gasteiger partial charge in [-0.2, -0.15) is 0 Å². The van der Waals surface area contributed by atoms with E-state index < -0.39 is 0 Å². The molecule has 2 heterocycles. The summed E-state index contributed by atoms with van der Waals surface area (Å²) in [6.07, 6.45) is 1.66. The number of nitrogens with zero attached hydrogens (tertiary/aromatic N) is 4. The number of fused-ring (bicyclic) bond motifs is 3. The van der Waals surface area contributed by atoms with E-state index in [1.165, 1.54) is 11.8 Å². The van der Waals surface area contributed by atoms with Crippen LogP contribution in [0.4, 0.5) is 5.69 Å². The molecular formula is C18H14BrN5OS. The van der Waals surface area contributed by atoms with Crippen molar-refractivity contribution in [3.8, 4) is 0 Å². The minimum absolute atomic E-state index is 0.104. The molecule has 0 aliphatic carbocycles. The summed E-state index contributed by atoms with van der Waals surface area (Å²) >= 11 is 4.81. The minimum atomic E-state index is -0.104. The maximum atomic E-state index is 12.3. The zero-order chi connectivity index (χ0) is 18.1. The van der Waals surface area contributed by atoms with Crippen molar-refractivity contribution >= 4 is 56.0 Å². The van der Waals surface area contributed by atoms with Crippen molar-refractivity contribution in [2.24, 2.45) is 0 Å². The molecule has 6 nitrogen and oxygen atoms in total. The Labute approximate surface area is 162 Å². The first-order valence-electron chi connectivity index (χ1n) is 7.89. The summed E-state index contributed by atoms with van der Waals surface area (Å²) in [6, 6.07) is 13.6. The van der Waals surface area contributed by atoms with E-state index in [9.17, 15) is 4.79 Å². The van der Waals surface area contributed by atoms with Crippen molar-refractivity contribution in [1.82, 2.24) is 19.6 Å². The highest BCUT2D eigenvalue weighted by Gasteiger charge is 2.13. The SMILES string of the molecule is Cc1ccc(NC(=O)CSc2nc3ccccc3n3cnnc23)c(Br)c1. The van der Waals surface area contributed by atoms with E-state index in [-0.39, 0.29) is 11.7 Å². The quantitative estimate of drug-likeness (QED) is 0.496. The lowest BCUT2D eigenvalue weighted by Crippen LogP contribution is -2.14. The number of hydrogen-bond acceptors (Lipinski definition) is 5. The Bertz CT molecular complexity index is 1130. The summed E-state index contributed by atoms with van der Waals surface area (Å²) in [4.78, 5) is 17.0. The Balaban J connectivity index is 1.55. The average molecular weight is 428 g/mol. The van der Waals surface area contributed by atoms with E-state index in [2.05, 4.69) is 36.4 Å². The second kappa shape index (κ2) is 7.05. The van der Waals surface area contributed by atoms with Gasteiger partial charge in [0.25, 0.3) is 0 Å². The molecule has 2 aromatic heterocycles. The van der Waals surface area contributed by atoms with Crippen LogP contribution in [-0.2, 0) is 4.79 Å². The van der Waals surface area contributed by atoms with Crippen LogP contribution in [0.3, 0.4) is 0 Å². The first kappa shape index (κ1) is 17.0. The van der Waals surface area contributed by atoms with E-state index in [0.29, 0.717) is 10.7 Å². The van der Waals surface area contributed by atoms with Gasteiger partial charge in [-0.3, -0.25) is 9.20 Å². The number of anilines is 1. The topological polar surface area (TPSA) is 72.2 Å². The van der Waals surface area contributed by atoms with Gasteiger partial charge in [-0.15, -0.1) is 10.2 Å². The second-order valence-corrected chi connectivity index (χ2v) is 7.57. The number of carbonyl (C=O) groups is 1. The summed E-state index contributed by atoms with van der Waals surface area (Å²) in [7, 11) is 0. The first-order chi connectivity index (χ1) is 12.6. The van der Waals surface area contributed by atoms with E-state index >= 15 is 0 Å². The van der Waals surface area contributed by atoms with Crippen molar-refractivity contribution in [3.05, 3.63) is 58.8 Å². The third-order valence-electron chi connectivity index (χ3n) is 3.84. The molecule has 1 N–H and O–H groups in total. The Kier molecular flexibility index (Phi) is 4.60. The second-order valence-electron chi connectivity index (χ2n) is 5.75. The van der Waals surface area contributed by atoms with Gasteiger partial charge in [0.15, 0.2) is 5.65 Å². The van der Waals surface area contributed by atoms with E-state index in [1.807, 2.05) is 53.8 Å². The van der Waals surface area contributed by atoms with Crippen LogP contribution in [0.5, 0.6) is 0 Å². The number of aryl methyl sites for hydroxylation is 1. The zero-order valence-corrected chi connectivity index (χ0v) is 16.2. The number of thioether (sulfide) groups is 1. The maximum Gasteiger partial charge on any atom is 0.234 e. The normalized spacial score (nSPS) is 11.2. The van der Waals surface area contributed by atoms with Crippen LogP contribution >= 0.6 is 27.7 Å². The number of benzene rings is 2. The standard InChI is InChI=1S/C18H14BrN5OS/c1-11-6-7-13(12(19)8-11)21-16(25)9-26-18-17-23-20-10-24(17)15-5-3-2-4-14(15)22-18/h2-8,10H,9H2,1H3,(H,21,25). The molecule has 0 radical (unpaired) electrons. The van der Waals surface area contributed by atoms with Gasteiger partial charge in [0.05, 0.1) is 22.5 Å². The molecule has 1 amide bonds. The number of aromatic nitrogens is 4. The van der Waals surface area contributed by atoms with Gasteiger partial charge in [-0.25, -0.2) is 4.98 Å². The number of rotatable bonds is 4. The van der Waals surface area contributed by atoms with E-state index in [0.717, 1.165) is 26.8 Å². The van der Waals surface area contributed by atoms with Crippen molar-refractivity contribution in [2.45, 2.75) is 11.9 Å². The molecule has 0 bridgehead atoms. The molecule has 26 heavy (non-hydrogen) atoms. The molecule has 0 saturated heterocycles. The molecule has 0 aliphatic rings. The number of hydrogen-bond donors (Lipinski definition) is 1. The van der Waals surface area contributed by atoms with Crippen molar-refractivity contribution in [2.75, 3.05) is 11.1 Å². The lowest BCUT2D eigenvalue weighted by molar-refractivity contribution is -0.113. The summed E-state index contributed by atoms with van der Waals surface area (Å²) < 4.78 is 2.75. The van der Waals surface area contributed by atoms with Crippen molar-refractivity contribution in [1.29, 1.82) is 0 Å². The van der Waals surface area contributed by atoms with Gasteiger partial charge in [0, 0.05) is 4.47 Å². The Morgan fingerprint density at radius 2 is 2.12 bits per heavy atom. The van der Waals surface area contributed by atoms with Crippen LogP contribution in [-0.4, -0.2) is 31.2 Å². The Hall–Kier alpha value is -2.45. The van der Waals surface area contributed by atoms with Crippen LogP contribution in [0.1, 0.15) is 5.56 Å². The smallest absolute Gasteiger partial charge is 0.234 e. The zero-order valence-electron chi connectivity index (χ0n) is 13.8. The predicted octanol–water partition coefficient (Wildman–Crippen LogP) is 4.08. The fourth-order valence-corrected chi connectivity index (χ4v) is 3.98. The van der Waals surface area contributed by atoms with Gasteiger partial charge < -0.3 is 5.32 Å². The predicted molar refractivity (Wildman–Crippen MR) is 107 cm³/mol. The number of carbonyl (C=O) groups excluding carboxylic acids is 1. The van der Waals surface area contributed by atoms with Gasteiger partial charge >= 0.3 is 0 Å². The fraction of sp³-hybridized carbons (Fsp3) is 0.111. The molecule has 4 aromatic rings. The van der Waals surface area contributed by atoms with Crippen molar-refractivity contribution < 1.29 is 4.79 Å². The lowest BCUT2D eigenvalue weighted by atomic mass is 10.2. The monoisotopic (exact) mass is 427 g/mol. The minimum Gasteiger partial charge on any atom is -0.324 e. The molecule has 0 saturated carbocycles. The van der Waals surface area contributed by atoms with Gasteiger partial charge in [0.2, 0.25) is 5.91 Å². The highest BCUT2D eigenvalue weighted by atomic mass is 79.9. The molecule has 130 valence electrons. The lowest BCUT2D eigenvalue weighted by Gasteiger charge is -2.09. The Morgan fingerprint density at radius 3 is 2.96 bits per heavy atom. The van der Waals surface area contributed by atoms with Gasteiger partial charge in [-0.1, -0.05) is 30.0 Å². The molecule has 0 atom stereocenters. The summed E-state index contributed by atoms with van der Waals surface area (Å²) in [5, 5.41) is 11.7. The largest absolute Gasteiger partial charge is 0.324 e. The molecule has 4 rings (SSSR count). The molecule has 8 heteroatoms. The van der Waals surface area contributed by atoms with Crippen LogP contribution < -0.4 is 5.32 Å². The number of amides is 1. The van der Waals surface area contributed by atoms with Crippen LogP contribution in [0.15, 0.2) is 58.3 Å². The van der Waals surface area contributed by atoms with Crippen LogP contribution in [0.2, 0.25) is 0 Å². The maximum absolute atomic E-state index is 12.3. The summed E-state index contributed by atoms with van der Waals surface area (Å²) in [5.74, 6) is 0.126. The molecule has 0 aliphatic heterocycles. The number of nitrogens with one attached hydrogen (secondary N) is 1. The highest BCUT2D eigenvalue weighted by molar-refractivity contribution is 9.10. The highest BCUT2D eigenvalue weighted by Crippen LogP contribution is 2.26. The molecule has 2 aromatic carbocycles. The van der Waals surface area contributed by atoms with Crippen molar-refractivity contribution in [3.63, 3.8) is 0 Å². The van der Waals surface area contributed by atoms with Crippen LogP contribution in [0.25, 0.3) is 16.7 Å².